The summed E-state index contributed by atoms with van der Waals surface area (Å²) < 4.78 is 5.30. The summed E-state index contributed by atoms with van der Waals surface area (Å²) in [7, 11) is 3.76. The van der Waals surface area contributed by atoms with Crippen molar-refractivity contribution in [3.8, 4) is 0 Å². The van der Waals surface area contributed by atoms with Crippen LogP contribution in [0.5, 0.6) is 0 Å². The van der Waals surface area contributed by atoms with Crippen molar-refractivity contribution in [3.05, 3.63) is 23.9 Å². The molecule has 1 fully saturated rings. The van der Waals surface area contributed by atoms with E-state index >= 15 is 0 Å². The van der Waals surface area contributed by atoms with E-state index in [-0.39, 0.29) is 5.91 Å². The molecule has 0 spiro atoms. The summed E-state index contributed by atoms with van der Waals surface area (Å²) in [6.07, 6.45) is 4.88. The van der Waals surface area contributed by atoms with Crippen LogP contribution >= 0.6 is 0 Å². The van der Waals surface area contributed by atoms with Crippen molar-refractivity contribution in [3.63, 3.8) is 0 Å². The molecule has 1 heterocycles. The number of nitrogens with one attached hydrogen (secondary N) is 2. The van der Waals surface area contributed by atoms with E-state index < -0.39 is 17.2 Å². The zero-order valence-corrected chi connectivity index (χ0v) is 16.4. The molecule has 0 radical (unpaired) electrons. The van der Waals surface area contributed by atoms with Crippen molar-refractivity contribution in [2.45, 2.75) is 57.6 Å². The number of hydrogen-bond donors (Lipinski definition) is 2. The van der Waals surface area contributed by atoms with Crippen molar-refractivity contribution in [1.29, 1.82) is 0 Å². The molecule has 144 valence electrons. The monoisotopic (exact) mass is 362 g/mol. The van der Waals surface area contributed by atoms with Gasteiger partial charge >= 0.3 is 6.09 Å². The number of rotatable bonds is 5. The molecule has 1 aromatic rings. The van der Waals surface area contributed by atoms with Crippen molar-refractivity contribution >= 4 is 17.8 Å². The maximum Gasteiger partial charge on any atom is 0.407 e. The maximum absolute atomic E-state index is 12.8. The number of carbonyl (C=O) groups is 2. The van der Waals surface area contributed by atoms with Crippen LogP contribution < -0.4 is 15.5 Å². The normalized spacial score (nSPS) is 16.0. The zero-order valence-electron chi connectivity index (χ0n) is 16.4. The van der Waals surface area contributed by atoms with Gasteiger partial charge in [0, 0.05) is 32.4 Å². The van der Waals surface area contributed by atoms with E-state index in [9.17, 15) is 9.59 Å². The Morgan fingerprint density at radius 3 is 2.50 bits per heavy atom. The Hall–Kier alpha value is -2.31. The third-order valence-electron chi connectivity index (χ3n) is 4.38. The van der Waals surface area contributed by atoms with E-state index in [1.54, 1.807) is 18.3 Å². The summed E-state index contributed by atoms with van der Waals surface area (Å²) in [4.78, 5) is 30.8. The number of anilines is 1. The van der Waals surface area contributed by atoms with Gasteiger partial charge in [-0.05, 0) is 45.7 Å². The molecule has 1 aliphatic carbocycles. The molecule has 2 amide bonds. The van der Waals surface area contributed by atoms with Gasteiger partial charge in [0.25, 0.3) is 5.91 Å². The summed E-state index contributed by atoms with van der Waals surface area (Å²) in [5.74, 6) is 0.577. The van der Waals surface area contributed by atoms with Gasteiger partial charge in [0.15, 0.2) is 0 Å². The highest BCUT2D eigenvalue weighted by Gasteiger charge is 2.36. The zero-order chi connectivity index (χ0) is 19.4. The fourth-order valence-electron chi connectivity index (χ4n) is 3.07. The molecule has 2 N–H and O–H groups in total. The van der Waals surface area contributed by atoms with Crippen LogP contribution in [0.3, 0.4) is 0 Å². The lowest BCUT2D eigenvalue weighted by Crippen LogP contribution is -2.54. The van der Waals surface area contributed by atoms with Gasteiger partial charge in [-0.25, -0.2) is 9.78 Å². The molecular weight excluding hydrogens is 332 g/mol. The van der Waals surface area contributed by atoms with E-state index in [0.29, 0.717) is 12.1 Å². The molecular formula is C19H30N4O3. The number of carbonyl (C=O) groups excluding carboxylic acids is 2. The highest BCUT2D eigenvalue weighted by molar-refractivity contribution is 5.95. The van der Waals surface area contributed by atoms with Crippen LogP contribution in [0.4, 0.5) is 10.6 Å². The fraction of sp³-hybridized carbons (Fsp3) is 0.632. The largest absolute Gasteiger partial charge is 0.444 e. The van der Waals surface area contributed by atoms with Gasteiger partial charge in [0.1, 0.15) is 11.4 Å². The van der Waals surface area contributed by atoms with Crippen molar-refractivity contribution in [2.24, 2.45) is 0 Å². The number of amides is 2. The second-order valence-corrected chi connectivity index (χ2v) is 8.09. The molecule has 1 saturated carbocycles. The van der Waals surface area contributed by atoms with Gasteiger partial charge in [-0.3, -0.25) is 4.79 Å². The predicted molar refractivity (Wildman–Crippen MR) is 101 cm³/mol. The van der Waals surface area contributed by atoms with E-state index in [1.165, 1.54) is 0 Å². The Morgan fingerprint density at radius 2 is 1.92 bits per heavy atom. The minimum Gasteiger partial charge on any atom is -0.444 e. The Kier molecular flexibility index (Phi) is 6.10. The molecule has 7 heteroatoms. The number of alkyl carbamates (subject to hydrolysis) is 1. The summed E-state index contributed by atoms with van der Waals surface area (Å²) in [5, 5.41) is 5.95. The van der Waals surface area contributed by atoms with Crippen molar-refractivity contribution in [2.75, 3.05) is 25.5 Å². The van der Waals surface area contributed by atoms with Gasteiger partial charge in [0.05, 0.1) is 5.54 Å². The minimum absolute atomic E-state index is 0.150. The summed E-state index contributed by atoms with van der Waals surface area (Å²) in [6.45, 7) is 5.83. The van der Waals surface area contributed by atoms with E-state index in [4.69, 9.17) is 4.74 Å². The third kappa shape index (κ3) is 5.61. The minimum atomic E-state index is -0.546. The van der Waals surface area contributed by atoms with Crippen LogP contribution in [0.1, 0.15) is 56.8 Å². The van der Waals surface area contributed by atoms with Gasteiger partial charge in [-0.1, -0.05) is 12.8 Å². The van der Waals surface area contributed by atoms with E-state index in [1.807, 2.05) is 39.8 Å². The topological polar surface area (TPSA) is 83.6 Å². The molecule has 7 nitrogen and oxygen atoms in total. The molecule has 26 heavy (non-hydrogen) atoms. The lowest BCUT2D eigenvalue weighted by atomic mass is 9.96. The first kappa shape index (κ1) is 20.0. The second kappa shape index (κ2) is 7.93. The van der Waals surface area contributed by atoms with Gasteiger partial charge in [-0.2, -0.15) is 0 Å². The SMILES string of the molecule is CN(C)c1cc(C(=O)NC2(CNC(=O)OC(C)(C)C)CCCC2)ccn1. The molecule has 1 aliphatic rings. The van der Waals surface area contributed by atoms with Gasteiger partial charge in [-0.15, -0.1) is 0 Å². The van der Waals surface area contributed by atoms with Crippen LogP contribution in [-0.4, -0.2) is 48.8 Å². The van der Waals surface area contributed by atoms with E-state index in [2.05, 4.69) is 15.6 Å². The molecule has 0 aromatic carbocycles. The van der Waals surface area contributed by atoms with Crippen LogP contribution in [-0.2, 0) is 4.74 Å². The van der Waals surface area contributed by atoms with Crippen LogP contribution in [0.15, 0.2) is 18.3 Å². The lowest BCUT2D eigenvalue weighted by molar-refractivity contribution is 0.0505. The first-order valence-electron chi connectivity index (χ1n) is 9.03. The first-order valence-corrected chi connectivity index (χ1v) is 9.03. The van der Waals surface area contributed by atoms with Crippen LogP contribution in [0.2, 0.25) is 0 Å². The number of ether oxygens (including phenoxy) is 1. The Morgan fingerprint density at radius 1 is 1.27 bits per heavy atom. The molecule has 2 rings (SSSR count). The smallest absolute Gasteiger partial charge is 0.407 e. The van der Waals surface area contributed by atoms with Gasteiger partial charge in [0.2, 0.25) is 0 Å². The molecule has 0 unspecified atom stereocenters. The number of aromatic nitrogens is 1. The Labute approximate surface area is 155 Å². The molecule has 0 atom stereocenters. The standard InChI is InChI=1S/C19H30N4O3/c1-18(2,3)26-17(25)21-13-19(9-6-7-10-19)22-16(24)14-8-11-20-15(12-14)23(4)5/h8,11-12H,6-7,9-10,13H2,1-5H3,(H,21,25)(H,22,24). The predicted octanol–water partition coefficient (Wildman–Crippen LogP) is 2.71. The quantitative estimate of drug-likeness (QED) is 0.841. The number of nitrogens with zero attached hydrogens (tertiary/aromatic N) is 2. The van der Waals surface area contributed by atoms with Crippen LogP contribution in [0.25, 0.3) is 0 Å². The second-order valence-electron chi connectivity index (χ2n) is 8.09. The number of pyridine rings is 1. The van der Waals surface area contributed by atoms with Crippen molar-refractivity contribution in [1.82, 2.24) is 15.6 Å². The average molecular weight is 362 g/mol. The summed E-state index contributed by atoms with van der Waals surface area (Å²) in [6, 6.07) is 3.46. The Bertz CT molecular complexity index is 646. The summed E-state index contributed by atoms with van der Waals surface area (Å²) in [5.41, 5.74) is -0.419. The van der Waals surface area contributed by atoms with Crippen LogP contribution in [0, 0.1) is 0 Å². The maximum atomic E-state index is 12.8. The molecule has 0 bridgehead atoms. The molecule has 1 aromatic heterocycles. The first-order chi connectivity index (χ1) is 12.1. The molecule has 0 aliphatic heterocycles. The highest BCUT2D eigenvalue weighted by atomic mass is 16.6. The third-order valence-corrected chi connectivity index (χ3v) is 4.38. The van der Waals surface area contributed by atoms with Gasteiger partial charge < -0.3 is 20.3 Å². The molecule has 0 saturated heterocycles. The highest BCUT2D eigenvalue weighted by Crippen LogP contribution is 2.29. The Balaban J connectivity index is 2.04. The van der Waals surface area contributed by atoms with Crippen molar-refractivity contribution < 1.29 is 14.3 Å². The summed E-state index contributed by atoms with van der Waals surface area (Å²) >= 11 is 0. The van der Waals surface area contributed by atoms with E-state index in [0.717, 1.165) is 31.5 Å². The average Bonchev–Trinajstić information content (AvgIpc) is 3.00. The lowest BCUT2D eigenvalue weighted by Gasteiger charge is -2.31. The fourth-order valence-corrected chi connectivity index (χ4v) is 3.07. The number of hydrogen-bond acceptors (Lipinski definition) is 5.